The molecule has 8 heteroatoms. The second kappa shape index (κ2) is 8.38. The molecular weight excluding hydrogens is 372 g/mol. The molecule has 8 nitrogen and oxygen atoms in total. The molecule has 0 saturated carbocycles. The molecule has 0 bridgehead atoms. The molecule has 152 valence electrons. The number of nitrogens with zero attached hydrogens (tertiary/aromatic N) is 4. The van der Waals surface area contributed by atoms with Gasteiger partial charge in [-0.15, -0.1) is 0 Å². The molecule has 0 aliphatic rings. The number of carbonyl (C=O) groups is 2. The molecule has 29 heavy (non-hydrogen) atoms. The predicted octanol–water partition coefficient (Wildman–Crippen LogP) is 2.63. The van der Waals surface area contributed by atoms with E-state index in [1.807, 2.05) is 20.8 Å². The van der Waals surface area contributed by atoms with Gasteiger partial charge in [-0.25, -0.2) is 9.78 Å². The van der Waals surface area contributed by atoms with E-state index < -0.39 is 5.97 Å². The minimum absolute atomic E-state index is 0.0762. The van der Waals surface area contributed by atoms with Crippen molar-refractivity contribution >= 4 is 28.6 Å². The van der Waals surface area contributed by atoms with Crippen LogP contribution in [0, 0.1) is 0 Å². The SMILES string of the molecule is CCCC(=O)N=c1c(C(=O)OCC)cc2c(=O)n3ccccc3nc2n1C(C)C. The van der Waals surface area contributed by atoms with Crippen LogP contribution in [-0.4, -0.2) is 32.4 Å². The highest BCUT2D eigenvalue weighted by Crippen LogP contribution is 2.15. The molecule has 0 aromatic carbocycles. The molecule has 0 fully saturated rings. The van der Waals surface area contributed by atoms with Crippen LogP contribution in [0.5, 0.6) is 0 Å². The summed E-state index contributed by atoms with van der Waals surface area (Å²) >= 11 is 0. The van der Waals surface area contributed by atoms with E-state index in [1.54, 1.807) is 35.9 Å². The molecule has 0 spiro atoms. The number of ether oxygens (including phenoxy) is 1. The fraction of sp³-hybridized carbons (Fsp3) is 0.381. The summed E-state index contributed by atoms with van der Waals surface area (Å²) in [5.41, 5.74) is 0.766. The number of rotatable bonds is 5. The van der Waals surface area contributed by atoms with Crippen molar-refractivity contribution in [2.45, 2.75) is 46.6 Å². The summed E-state index contributed by atoms with van der Waals surface area (Å²) in [6.45, 7) is 7.50. The molecule has 0 aliphatic heterocycles. The Kier molecular flexibility index (Phi) is 5.91. The van der Waals surface area contributed by atoms with Crippen molar-refractivity contribution in [2.24, 2.45) is 4.99 Å². The first-order chi connectivity index (χ1) is 13.9. The normalized spacial score (nSPS) is 12.1. The molecule has 0 N–H and O–H groups in total. The average Bonchev–Trinajstić information content (AvgIpc) is 2.68. The summed E-state index contributed by atoms with van der Waals surface area (Å²) in [5.74, 6) is -0.978. The van der Waals surface area contributed by atoms with Crippen LogP contribution in [0.15, 0.2) is 40.2 Å². The molecule has 1 amide bonds. The summed E-state index contributed by atoms with van der Waals surface area (Å²) in [4.78, 5) is 46.9. The molecule has 3 rings (SSSR count). The van der Waals surface area contributed by atoms with E-state index in [9.17, 15) is 14.4 Å². The largest absolute Gasteiger partial charge is 0.462 e. The lowest BCUT2D eigenvalue weighted by atomic mass is 10.2. The standard InChI is InChI=1S/C21H24N4O4/c1-5-9-17(26)23-19-15(21(28)29-6-2)12-14-18(25(19)13(3)4)22-16-10-7-8-11-24(16)20(14)27/h7-8,10-13H,5-6,9H2,1-4H3. The molecule has 0 radical (unpaired) electrons. The van der Waals surface area contributed by atoms with Gasteiger partial charge in [0.25, 0.3) is 5.56 Å². The van der Waals surface area contributed by atoms with Gasteiger partial charge in [-0.1, -0.05) is 13.0 Å². The zero-order valence-corrected chi connectivity index (χ0v) is 17.0. The molecule has 3 aromatic heterocycles. The number of amides is 1. The van der Waals surface area contributed by atoms with E-state index in [-0.39, 0.29) is 47.0 Å². The number of hydrogen-bond acceptors (Lipinski definition) is 5. The van der Waals surface area contributed by atoms with E-state index >= 15 is 0 Å². The lowest BCUT2D eigenvalue weighted by molar-refractivity contribution is -0.118. The molecule has 3 heterocycles. The Morgan fingerprint density at radius 1 is 1.24 bits per heavy atom. The predicted molar refractivity (Wildman–Crippen MR) is 109 cm³/mol. The lowest BCUT2D eigenvalue weighted by Gasteiger charge is -2.17. The van der Waals surface area contributed by atoms with Crippen LogP contribution in [0.2, 0.25) is 0 Å². The first-order valence-electron chi connectivity index (χ1n) is 9.70. The van der Waals surface area contributed by atoms with Crippen LogP contribution in [-0.2, 0) is 9.53 Å². The van der Waals surface area contributed by atoms with Gasteiger partial charge >= 0.3 is 5.97 Å². The number of hydrogen-bond donors (Lipinski definition) is 0. The van der Waals surface area contributed by atoms with Crippen molar-refractivity contribution in [3.05, 3.63) is 51.9 Å². The van der Waals surface area contributed by atoms with Crippen molar-refractivity contribution in [1.29, 1.82) is 0 Å². The molecule has 0 atom stereocenters. The number of fused-ring (bicyclic) bond motifs is 2. The van der Waals surface area contributed by atoms with Gasteiger partial charge in [-0.05, 0) is 45.4 Å². The summed E-state index contributed by atoms with van der Waals surface area (Å²) in [6.07, 6.45) is 2.51. The Labute approximate surface area is 167 Å². The topological polar surface area (TPSA) is 95.0 Å². The number of esters is 1. The number of aromatic nitrogens is 3. The fourth-order valence-corrected chi connectivity index (χ4v) is 3.19. The highest BCUT2D eigenvalue weighted by atomic mass is 16.5. The Hall–Kier alpha value is -3.29. The third-order valence-corrected chi connectivity index (χ3v) is 4.44. The maximum atomic E-state index is 13.1. The van der Waals surface area contributed by atoms with Crippen molar-refractivity contribution in [1.82, 2.24) is 14.0 Å². The third-order valence-electron chi connectivity index (χ3n) is 4.44. The second-order valence-corrected chi connectivity index (χ2v) is 6.90. The van der Waals surface area contributed by atoms with Gasteiger partial charge in [0, 0.05) is 18.7 Å². The van der Waals surface area contributed by atoms with Crippen molar-refractivity contribution < 1.29 is 14.3 Å². The van der Waals surface area contributed by atoms with E-state index in [1.165, 1.54) is 10.5 Å². The van der Waals surface area contributed by atoms with Gasteiger partial charge in [-0.2, -0.15) is 4.99 Å². The van der Waals surface area contributed by atoms with Crippen molar-refractivity contribution in [3.8, 4) is 0 Å². The monoisotopic (exact) mass is 396 g/mol. The smallest absolute Gasteiger partial charge is 0.341 e. The number of pyridine rings is 2. The van der Waals surface area contributed by atoms with Crippen LogP contribution in [0.1, 0.15) is 56.9 Å². The minimum atomic E-state index is -0.635. The van der Waals surface area contributed by atoms with Crippen molar-refractivity contribution in [3.63, 3.8) is 0 Å². The van der Waals surface area contributed by atoms with E-state index in [0.29, 0.717) is 17.7 Å². The third kappa shape index (κ3) is 3.83. The molecule has 0 saturated heterocycles. The lowest BCUT2D eigenvalue weighted by Crippen LogP contribution is -2.33. The Morgan fingerprint density at radius 2 is 2.00 bits per heavy atom. The average molecular weight is 396 g/mol. The minimum Gasteiger partial charge on any atom is -0.462 e. The van der Waals surface area contributed by atoms with Crippen LogP contribution in [0.4, 0.5) is 0 Å². The highest BCUT2D eigenvalue weighted by molar-refractivity contribution is 5.93. The van der Waals surface area contributed by atoms with Gasteiger partial charge in [0.2, 0.25) is 5.91 Å². The number of carbonyl (C=O) groups excluding carboxylic acids is 2. The Bertz CT molecular complexity index is 1220. The quantitative estimate of drug-likeness (QED) is 0.488. The van der Waals surface area contributed by atoms with Crippen LogP contribution in [0.3, 0.4) is 0 Å². The molecule has 0 aliphatic carbocycles. The molecule has 3 aromatic rings. The Morgan fingerprint density at radius 3 is 2.66 bits per heavy atom. The van der Waals surface area contributed by atoms with E-state index in [2.05, 4.69) is 9.98 Å². The van der Waals surface area contributed by atoms with Crippen LogP contribution in [0.25, 0.3) is 16.7 Å². The summed E-state index contributed by atoms with van der Waals surface area (Å²) < 4.78 is 8.24. The fourth-order valence-electron chi connectivity index (χ4n) is 3.19. The van der Waals surface area contributed by atoms with Crippen molar-refractivity contribution in [2.75, 3.05) is 6.61 Å². The van der Waals surface area contributed by atoms with Crippen LogP contribution >= 0.6 is 0 Å². The maximum absolute atomic E-state index is 13.1. The van der Waals surface area contributed by atoms with E-state index in [0.717, 1.165) is 0 Å². The molecule has 0 unspecified atom stereocenters. The highest BCUT2D eigenvalue weighted by Gasteiger charge is 2.21. The zero-order valence-electron chi connectivity index (χ0n) is 17.0. The van der Waals surface area contributed by atoms with Gasteiger partial charge in [0.15, 0.2) is 5.49 Å². The summed E-state index contributed by atoms with van der Waals surface area (Å²) in [6, 6.07) is 6.47. The van der Waals surface area contributed by atoms with Gasteiger partial charge in [0.05, 0.1) is 12.0 Å². The van der Waals surface area contributed by atoms with E-state index in [4.69, 9.17) is 4.74 Å². The Balaban J connectivity index is 2.53. The van der Waals surface area contributed by atoms with Gasteiger partial charge in [-0.3, -0.25) is 14.0 Å². The van der Waals surface area contributed by atoms with Gasteiger partial charge < -0.3 is 9.30 Å². The first kappa shape index (κ1) is 20.4. The van der Waals surface area contributed by atoms with Gasteiger partial charge in [0.1, 0.15) is 16.9 Å². The summed E-state index contributed by atoms with van der Waals surface area (Å²) in [7, 11) is 0. The first-order valence-corrected chi connectivity index (χ1v) is 9.70. The molecular formula is C21H24N4O4. The van der Waals surface area contributed by atoms with Crippen LogP contribution < -0.4 is 11.0 Å². The zero-order chi connectivity index (χ0) is 21.1. The summed E-state index contributed by atoms with van der Waals surface area (Å²) in [5, 5.41) is 0.257. The second-order valence-electron chi connectivity index (χ2n) is 6.90. The maximum Gasteiger partial charge on any atom is 0.341 e.